The predicted molar refractivity (Wildman–Crippen MR) is 127 cm³/mol. The van der Waals surface area contributed by atoms with Gasteiger partial charge in [0.15, 0.2) is 17.5 Å². The monoisotopic (exact) mass is 424 g/mol. The molecular formula is C25H36N4O2. The van der Waals surface area contributed by atoms with Gasteiger partial charge in [0.2, 0.25) is 0 Å². The molecule has 6 heteroatoms. The molecule has 3 N–H and O–H groups in total. The van der Waals surface area contributed by atoms with Crippen LogP contribution in [0.3, 0.4) is 0 Å². The number of nitrogens with one attached hydrogen (secondary N) is 2. The average Bonchev–Trinajstić information content (AvgIpc) is 2.81. The summed E-state index contributed by atoms with van der Waals surface area (Å²) in [6.45, 7) is 8.07. The number of ether oxygens (including phenoxy) is 1. The highest BCUT2D eigenvalue weighted by Gasteiger charge is 2.24. The molecule has 3 rings (SSSR count). The van der Waals surface area contributed by atoms with Gasteiger partial charge in [-0.05, 0) is 56.4 Å². The molecule has 31 heavy (non-hydrogen) atoms. The SMILES string of the molecule is CCNC(=NCCc1ccc(O)c(OC)c1)NC1CCN(C(C)c2ccccc2)CC1. The van der Waals surface area contributed by atoms with E-state index in [9.17, 15) is 5.11 Å². The minimum absolute atomic E-state index is 0.165. The normalized spacial score (nSPS) is 16.7. The van der Waals surface area contributed by atoms with Gasteiger partial charge in [-0.2, -0.15) is 0 Å². The van der Waals surface area contributed by atoms with Crippen LogP contribution in [0.1, 0.15) is 43.9 Å². The van der Waals surface area contributed by atoms with E-state index in [-0.39, 0.29) is 5.75 Å². The second-order valence-electron chi connectivity index (χ2n) is 8.06. The predicted octanol–water partition coefficient (Wildman–Crippen LogP) is 3.72. The number of benzene rings is 2. The van der Waals surface area contributed by atoms with Gasteiger partial charge in [-0.1, -0.05) is 36.4 Å². The Labute approximate surface area is 186 Å². The third kappa shape index (κ3) is 6.62. The molecule has 1 aliphatic heterocycles. The van der Waals surface area contributed by atoms with Crippen LogP contribution in [0.2, 0.25) is 0 Å². The zero-order valence-electron chi connectivity index (χ0n) is 19.0. The van der Waals surface area contributed by atoms with Crippen LogP contribution in [0.25, 0.3) is 0 Å². The molecule has 2 aromatic rings. The van der Waals surface area contributed by atoms with Crippen molar-refractivity contribution in [3.63, 3.8) is 0 Å². The first kappa shape index (κ1) is 22.9. The molecule has 0 saturated carbocycles. The lowest BCUT2D eigenvalue weighted by Gasteiger charge is -2.37. The molecule has 0 radical (unpaired) electrons. The van der Waals surface area contributed by atoms with Crippen molar-refractivity contribution in [1.82, 2.24) is 15.5 Å². The number of methoxy groups -OCH3 is 1. The Morgan fingerprint density at radius 2 is 1.94 bits per heavy atom. The van der Waals surface area contributed by atoms with Gasteiger partial charge in [0.1, 0.15) is 0 Å². The molecule has 0 aliphatic carbocycles. The highest BCUT2D eigenvalue weighted by Crippen LogP contribution is 2.26. The lowest BCUT2D eigenvalue weighted by atomic mass is 10.0. The molecule has 1 fully saturated rings. The average molecular weight is 425 g/mol. The molecule has 1 unspecified atom stereocenters. The van der Waals surface area contributed by atoms with E-state index in [1.54, 1.807) is 13.2 Å². The number of aromatic hydroxyl groups is 1. The molecule has 1 heterocycles. The Hall–Kier alpha value is -2.73. The molecule has 2 aromatic carbocycles. The van der Waals surface area contributed by atoms with Crippen molar-refractivity contribution in [2.24, 2.45) is 4.99 Å². The highest BCUT2D eigenvalue weighted by molar-refractivity contribution is 5.80. The number of hydrogen-bond donors (Lipinski definition) is 3. The van der Waals surface area contributed by atoms with Crippen LogP contribution >= 0.6 is 0 Å². The number of likely N-dealkylation sites (tertiary alicyclic amines) is 1. The molecule has 0 aromatic heterocycles. The van der Waals surface area contributed by atoms with Crippen LogP contribution in [-0.4, -0.2) is 55.3 Å². The molecule has 0 amide bonds. The van der Waals surface area contributed by atoms with E-state index in [0.717, 1.165) is 50.4 Å². The number of guanidine groups is 1. The van der Waals surface area contributed by atoms with Crippen LogP contribution < -0.4 is 15.4 Å². The van der Waals surface area contributed by atoms with Crippen molar-refractivity contribution in [2.75, 3.05) is 33.3 Å². The van der Waals surface area contributed by atoms with Crippen LogP contribution in [0.5, 0.6) is 11.5 Å². The first-order valence-electron chi connectivity index (χ1n) is 11.3. The molecule has 6 nitrogen and oxygen atoms in total. The highest BCUT2D eigenvalue weighted by atomic mass is 16.5. The fraction of sp³-hybridized carbons (Fsp3) is 0.480. The van der Waals surface area contributed by atoms with Gasteiger partial charge < -0.3 is 20.5 Å². The van der Waals surface area contributed by atoms with Crippen LogP contribution in [0.15, 0.2) is 53.5 Å². The Bertz CT molecular complexity index is 833. The summed E-state index contributed by atoms with van der Waals surface area (Å²) in [4.78, 5) is 7.33. The van der Waals surface area contributed by atoms with Crippen LogP contribution in [-0.2, 0) is 6.42 Å². The Morgan fingerprint density at radius 1 is 1.19 bits per heavy atom. The summed E-state index contributed by atoms with van der Waals surface area (Å²) in [6.07, 6.45) is 3.01. The fourth-order valence-electron chi connectivity index (χ4n) is 4.06. The van der Waals surface area contributed by atoms with Crippen molar-refractivity contribution in [1.29, 1.82) is 0 Å². The topological polar surface area (TPSA) is 69.1 Å². The number of hydrogen-bond acceptors (Lipinski definition) is 4. The number of nitrogens with zero attached hydrogens (tertiary/aromatic N) is 2. The number of phenolic OH excluding ortho intramolecular Hbond substituents is 1. The number of rotatable bonds is 8. The second-order valence-corrected chi connectivity index (χ2v) is 8.06. The number of phenols is 1. The van der Waals surface area contributed by atoms with E-state index in [1.165, 1.54) is 5.56 Å². The minimum atomic E-state index is 0.165. The smallest absolute Gasteiger partial charge is 0.191 e. The summed E-state index contributed by atoms with van der Waals surface area (Å²) in [6, 6.07) is 17.1. The molecule has 1 aliphatic rings. The fourth-order valence-corrected chi connectivity index (χ4v) is 4.06. The summed E-state index contributed by atoms with van der Waals surface area (Å²) in [7, 11) is 1.57. The maximum atomic E-state index is 9.74. The lowest BCUT2D eigenvalue weighted by Crippen LogP contribution is -2.49. The van der Waals surface area contributed by atoms with Gasteiger partial charge in [-0.15, -0.1) is 0 Å². The molecule has 1 atom stereocenters. The zero-order valence-corrected chi connectivity index (χ0v) is 19.0. The van der Waals surface area contributed by atoms with Gasteiger partial charge in [0, 0.05) is 38.3 Å². The maximum absolute atomic E-state index is 9.74. The standard InChI is InChI=1S/C25H36N4O2/c1-4-26-25(27-15-12-20-10-11-23(30)24(18-20)31-3)28-22-13-16-29(17-14-22)19(2)21-8-6-5-7-9-21/h5-11,18-19,22,30H,4,12-17H2,1-3H3,(H2,26,27,28). The summed E-state index contributed by atoms with van der Waals surface area (Å²) >= 11 is 0. The molecule has 0 spiro atoms. The van der Waals surface area contributed by atoms with Crippen molar-refractivity contribution >= 4 is 5.96 Å². The number of aliphatic imine (C=N–C) groups is 1. The van der Waals surface area contributed by atoms with E-state index < -0.39 is 0 Å². The Balaban J connectivity index is 1.50. The maximum Gasteiger partial charge on any atom is 0.191 e. The molecule has 168 valence electrons. The Morgan fingerprint density at radius 3 is 2.61 bits per heavy atom. The summed E-state index contributed by atoms with van der Waals surface area (Å²) in [5, 5.41) is 16.7. The van der Waals surface area contributed by atoms with Gasteiger partial charge in [0.05, 0.1) is 7.11 Å². The van der Waals surface area contributed by atoms with E-state index in [1.807, 2.05) is 12.1 Å². The van der Waals surface area contributed by atoms with Gasteiger partial charge in [0.25, 0.3) is 0 Å². The third-order valence-electron chi connectivity index (χ3n) is 5.96. The summed E-state index contributed by atoms with van der Waals surface area (Å²) in [5.41, 5.74) is 2.48. The largest absolute Gasteiger partial charge is 0.504 e. The van der Waals surface area contributed by atoms with Crippen molar-refractivity contribution in [2.45, 2.75) is 45.2 Å². The summed E-state index contributed by atoms with van der Waals surface area (Å²) < 4.78 is 5.19. The van der Waals surface area contributed by atoms with E-state index in [4.69, 9.17) is 9.73 Å². The molecule has 0 bridgehead atoms. The number of piperidine rings is 1. The molecular weight excluding hydrogens is 388 g/mol. The summed E-state index contributed by atoms with van der Waals surface area (Å²) in [5.74, 6) is 1.54. The minimum Gasteiger partial charge on any atom is -0.504 e. The van der Waals surface area contributed by atoms with Crippen LogP contribution in [0.4, 0.5) is 0 Å². The van der Waals surface area contributed by atoms with E-state index >= 15 is 0 Å². The molecule has 1 saturated heterocycles. The second kappa shape index (κ2) is 11.6. The van der Waals surface area contributed by atoms with Crippen molar-refractivity contribution in [3.05, 3.63) is 59.7 Å². The van der Waals surface area contributed by atoms with Gasteiger partial charge in [-0.25, -0.2) is 0 Å². The Kier molecular flexibility index (Phi) is 8.59. The van der Waals surface area contributed by atoms with Crippen molar-refractivity contribution < 1.29 is 9.84 Å². The third-order valence-corrected chi connectivity index (χ3v) is 5.96. The van der Waals surface area contributed by atoms with E-state index in [2.05, 4.69) is 59.7 Å². The zero-order chi connectivity index (χ0) is 22.1. The first-order valence-corrected chi connectivity index (χ1v) is 11.3. The van der Waals surface area contributed by atoms with Gasteiger partial charge in [-0.3, -0.25) is 9.89 Å². The van der Waals surface area contributed by atoms with Crippen LogP contribution in [0, 0.1) is 0 Å². The first-order chi connectivity index (χ1) is 15.1. The van der Waals surface area contributed by atoms with E-state index in [0.29, 0.717) is 24.4 Å². The lowest BCUT2D eigenvalue weighted by molar-refractivity contribution is 0.158. The van der Waals surface area contributed by atoms with Crippen molar-refractivity contribution in [3.8, 4) is 11.5 Å². The quantitative estimate of drug-likeness (QED) is 0.445. The van der Waals surface area contributed by atoms with Gasteiger partial charge >= 0.3 is 0 Å².